The van der Waals surface area contributed by atoms with Gasteiger partial charge in [-0.05, 0) is 51.3 Å². The van der Waals surface area contributed by atoms with E-state index < -0.39 is 0 Å². The molecule has 146 valence electrons. The molecule has 2 fully saturated rings. The highest BCUT2D eigenvalue weighted by Crippen LogP contribution is 2.28. The first kappa shape index (κ1) is 18.3. The standard InChI is InChI=1S/C21H30N4O2/c1-3-23(2)20(26)16-7-6-12-25(15-16)17-10-13-24(14-11-17)21-22-18-8-4-5-9-19(18)27-21/h4-5,8-9,16-17H,3,6-7,10-15H2,1-2H3/t16-/m1/s1. The number of nitrogens with zero attached hydrogens (tertiary/aromatic N) is 4. The molecule has 1 aromatic carbocycles. The zero-order valence-corrected chi connectivity index (χ0v) is 16.4. The number of anilines is 1. The number of benzene rings is 1. The molecular formula is C21H30N4O2. The molecule has 6 nitrogen and oxygen atoms in total. The molecule has 1 amide bonds. The molecule has 27 heavy (non-hydrogen) atoms. The van der Waals surface area contributed by atoms with Crippen molar-refractivity contribution in [2.45, 2.75) is 38.6 Å². The van der Waals surface area contributed by atoms with E-state index in [1.165, 1.54) is 0 Å². The molecule has 2 aliphatic rings. The molecule has 1 aromatic heterocycles. The average Bonchev–Trinajstić information content (AvgIpc) is 3.17. The van der Waals surface area contributed by atoms with Crippen molar-refractivity contribution >= 4 is 23.0 Å². The van der Waals surface area contributed by atoms with Gasteiger partial charge in [0.05, 0.1) is 5.92 Å². The molecule has 0 saturated carbocycles. The second-order valence-corrected chi connectivity index (χ2v) is 7.87. The number of likely N-dealkylation sites (tertiary alicyclic amines) is 1. The van der Waals surface area contributed by atoms with Gasteiger partial charge in [-0.3, -0.25) is 9.69 Å². The van der Waals surface area contributed by atoms with E-state index in [-0.39, 0.29) is 5.92 Å². The summed E-state index contributed by atoms with van der Waals surface area (Å²) in [5.74, 6) is 0.477. The third-order valence-corrected chi connectivity index (χ3v) is 6.19. The van der Waals surface area contributed by atoms with Crippen LogP contribution in [0.5, 0.6) is 0 Å². The lowest BCUT2D eigenvalue weighted by molar-refractivity contribution is -0.136. The Labute approximate surface area is 161 Å². The van der Waals surface area contributed by atoms with E-state index in [4.69, 9.17) is 4.42 Å². The first-order chi connectivity index (χ1) is 13.2. The number of piperidine rings is 2. The van der Waals surface area contributed by atoms with Crippen molar-refractivity contribution in [1.29, 1.82) is 0 Å². The van der Waals surface area contributed by atoms with Gasteiger partial charge in [-0.2, -0.15) is 4.98 Å². The van der Waals surface area contributed by atoms with Gasteiger partial charge in [0.2, 0.25) is 5.91 Å². The molecule has 1 atom stereocenters. The summed E-state index contributed by atoms with van der Waals surface area (Å²) in [5.41, 5.74) is 1.78. The fraction of sp³-hybridized carbons (Fsp3) is 0.619. The molecule has 0 spiro atoms. The quantitative estimate of drug-likeness (QED) is 0.828. The molecule has 2 saturated heterocycles. The molecule has 6 heteroatoms. The molecule has 0 N–H and O–H groups in total. The number of rotatable bonds is 4. The Bertz CT molecular complexity index is 748. The van der Waals surface area contributed by atoms with Crippen molar-refractivity contribution in [1.82, 2.24) is 14.8 Å². The summed E-state index contributed by atoms with van der Waals surface area (Å²) in [7, 11) is 1.92. The second kappa shape index (κ2) is 7.89. The Morgan fingerprint density at radius 3 is 2.74 bits per heavy atom. The summed E-state index contributed by atoms with van der Waals surface area (Å²) < 4.78 is 5.93. The Morgan fingerprint density at radius 1 is 1.22 bits per heavy atom. The monoisotopic (exact) mass is 370 g/mol. The van der Waals surface area contributed by atoms with Gasteiger partial charge in [-0.25, -0.2) is 0 Å². The van der Waals surface area contributed by atoms with Crippen molar-refractivity contribution in [3.8, 4) is 0 Å². The zero-order chi connectivity index (χ0) is 18.8. The Morgan fingerprint density at radius 2 is 2.00 bits per heavy atom. The van der Waals surface area contributed by atoms with Crippen LogP contribution in [0.15, 0.2) is 28.7 Å². The van der Waals surface area contributed by atoms with Crippen molar-refractivity contribution in [3.63, 3.8) is 0 Å². The summed E-state index contributed by atoms with van der Waals surface area (Å²) in [6, 6.07) is 9.24. The summed E-state index contributed by atoms with van der Waals surface area (Å²) in [4.78, 5) is 23.9. The van der Waals surface area contributed by atoms with E-state index in [1.54, 1.807) is 0 Å². The van der Waals surface area contributed by atoms with Gasteiger partial charge in [0.1, 0.15) is 5.52 Å². The lowest BCUT2D eigenvalue weighted by Gasteiger charge is -2.42. The third-order valence-electron chi connectivity index (χ3n) is 6.19. The van der Waals surface area contributed by atoms with Gasteiger partial charge >= 0.3 is 0 Å². The Balaban J connectivity index is 1.35. The molecule has 0 bridgehead atoms. The molecule has 3 heterocycles. The van der Waals surface area contributed by atoms with Gasteiger partial charge < -0.3 is 14.2 Å². The van der Waals surface area contributed by atoms with Gasteiger partial charge in [-0.15, -0.1) is 0 Å². The molecule has 4 rings (SSSR count). The number of aromatic nitrogens is 1. The van der Waals surface area contributed by atoms with Crippen molar-refractivity contribution in [2.75, 3.05) is 44.7 Å². The maximum absolute atomic E-state index is 12.6. The number of carbonyl (C=O) groups is 1. The molecule has 0 radical (unpaired) electrons. The van der Waals surface area contributed by atoms with Crippen LogP contribution in [0, 0.1) is 5.92 Å². The molecular weight excluding hydrogens is 340 g/mol. The highest BCUT2D eigenvalue weighted by atomic mass is 16.4. The molecule has 2 aliphatic heterocycles. The van der Waals surface area contributed by atoms with Crippen molar-refractivity contribution < 1.29 is 9.21 Å². The summed E-state index contributed by atoms with van der Waals surface area (Å²) in [6.45, 7) is 6.78. The van der Waals surface area contributed by atoms with Crippen molar-refractivity contribution in [3.05, 3.63) is 24.3 Å². The van der Waals surface area contributed by atoms with Gasteiger partial charge in [0.15, 0.2) is 5.58 Å². The minimum absolute atomic E-state index is 0.166. The van der Waals surface area contributed by atoms with Crippen LogP contribution in [0.25, 0.3) is 11.1 Å². The van der Waals surface area contributed by atoms with Gasteiger partial charge in [0, 0.05) is 39.3 Å². The Hall–Kier alpha value is -2.08. The normalized spacial score (nSPS) is 22.3. The van der Waals surface area contributed by atoms with E-state index in [9.17, 15) is 4.79 Å². The number of fused-ring (bicyclic) bond motifs is 1. The smallest absolute Gasteiger partial charge is 0.298 e. The van der Waals surface area contributed by atoms with Crippen LogP contribution in [-0.2, 0) is 4.79 Å². The minimum atomic E-state index is 0.166. The van der Waals surface area contributed by atoms with Crippen molar-refractivity contribution in [2.24, 2.45) is 5.92 Å². The number of carbonyl (C=O) groups excluding carboxylic acids is 1. The van der Waals surface area contributed by atoms with Crippen LogP contribution in [0.4, 0.5) is 6.01 Å². The van der Waals surface area contributed by atoms with E-state index >= 15 is 0 Å². The minimum Gasteiger partial charge on any atom is -0.423 e. The van der Waals surface area contributed by atoms with Crippen LogP contribution in [0.2, 0.25) is 0 Å². The highest BCUT2D eigenvalue weighted by Gasteiger charge is 2.33. The van der Waals surface area contributed by atoms with E-state index in [0.29, 0.717) is 11.9 Å². The number of oxazole rings is 1. The largest absolute Gasteiger partial charge is 0.423 e. The zero-order valence-electron chi connectivity index (χ0n) is 16.4. The lowest BCUT2D eigenvalue weighted by Crippen LogP contribution is -2.51. The molecule has 0 unspecified atom stereocenters. The SMILES string of the molecule is CCN(C)C(=O)[C@@H]1CCCN(C2CCN(c3nc4ccccc4o3)CC2)C1. The second-order valence-electron chi connectivity index (χ2n) is 7.87. The van der Waals surface area contributed by atoms with Crippen LogP contribution in [-0.4, -0.2) is 66.5 Å². The number of amides is 1. The predicted octanol–water partition coefficient (Wildman–Crippen LogP) is 2.99. The highest BCUT2D eigenvalue weighted by molar-refractivity contribution is 5.79. The fourth-order valence-corrected chi connectivity index (χ4v) is 4.42. The average molecular weight is 370 g/mol. The van der Waals surface area contributed by atoms with E-state index in [1.807, 2.05) is 43.1 Å². The number of hydrogen-bond acceptors (Lipinski definition) is 5. The van der Waals surface area contributed by atoms with Crippen LogP contribution in [0.1, 0.15) is 32.6 Å². The molecule has 0 aliphatic carbocycles. The topological polar surface area (TPSA) is 52.8 Å². The number of para-hydroxylation sites is 2. The fourth-order valence-electron chi connectivity index (χ4n) is 4.42. The summed E-state index contributed by atoms with van der Waals surface area (Å²) in [6.07, 6.45) is 4.35. The predicted molar refractivity (Wildman–Crippen MR) is 107 cm³/mol. The lowest BCUT2D eigenvalue weighted by atomic mass is 9.93. The van der Waals surface area contributed by atoms with Crippen LogP contribution in [0.3, 0.4) is 0 Å². The summed E-state index contributed by atoms with van der Waals surface area (Å²) >= 11 is 0. The van der Waals surface area contributed by atoms with E-state index in [2.05, 4.69) is 14.8 Å². The molecule has 2 aromatic rings. The first-order valence-electron chi connectivity index (χ1n) is 10.2. The van der Waals surface area contributed by atoms with Crippen LogP contribution >= 0.6 is 0 Å². The number of hydrogen-bond donors (Lipinski definition) is 0. The maximum Gasteiger partial charge on any atom is 0.298 e. The maximum atomic E-state index is 12.6. The van der Waals surface area contributed by atoms with Crippen LogP contribution < -0.4 is 4.90 Å². The Kier molecular flexibility index (Phi) is 5.34. The first-order valence-corrected chi connectivity index (χ1v) is 10.2. The van der Waals surface area contributed by atoms with Gasteiger partial charge in [-0.1, -0.05) is 12.1 Å². The third kappa shape index (κ3) is 3.81. The summed E-state index contributed by atoms with van der Waals surface area (Å²) in [5, 5.41) is 0. The van der Waals surface area contributed by atoms with Gasteiger partial charge in [0.25, 0.3) is 6.01 Å². The van der Waals surface area contributed by atoms with E-state index in [0.717, 1.165) is 75.5 Å².